The Kier molecular flexibility index (Phi) is 6.01. The molecule has 1 aliphatic heterocycles. The lowest BCUT2D eigenvalue weighted by molar-refractivity contribution is -0.384. The van der Waals surface area contributed by atoms with Gasteiger partial charge in [0.25, 0.3) is 21.6 Å². The minimum absolute atomic E-state index is 0.0499. The van der Waals surface area contributed by atoms with Crippen LogP contribution in [0.15, 0.2) is 88.9 Å². The maximum Gasteiger partial charge on any atom is 0.269 e. The number of amides is 1. The summed E-state index contributed by atoms with van der Waals surface area (Å²) in [6.45, 7) is -0.227. The van der Waals surface area contributed by atoms with Crippen LogP contribution >= 0.6 is 0 Å². The van der Waals surface area contributed by atoms with Crippen molar-refractivity contribution < 1.29 is 18.1 Å². The lowest BCUT2D eigenvalue weighted by Crippen LogP contribution is -2.31. The highest BCUT2D eigenvalue weighted by atomic mass is 32.2. The second kappa shape index (κ2) is 9.32. The molecule has 11 nitrogen and oxygen atoms in total. The van der Waals surface area contributed by atoms with Crippen molar-refractivity contribution in [2.75, 3.05) is 11.4 Å². The van der Waals surface area contributed by atoms with Gasteiger partial charge in [-0.2, -0.15) is 10.2 Å². The molecule has 0 atom stereocenters. The number of nitrogens with zero attached hydrogens (tertiary/aromatic N) is 5. The van der Waals surface area contributed by atoms with Crippen molar-refractivity contribution in [3.63, 3.8) is 0 Å². The summed E-state index contributed by atoms with van der Waals surface area (Å²) >= 11 is 0. The smallest absolute Gasteiger partial charge is 0.269 e. The number of carbonyl (C=O) groups is 1. The Morgan fingerprint density at radius 3 is 2.43 bits per heavy atom. The van der Waals surface area contributed by atoms with Crippen molar-refractivity contribution in [2.45, 2.75) is 11.4 Å². The van der Waals surface area contributed by atoms with E-state index in [0.717, 1.165) is 0 Å². The monoisotopic (exact) mass is 516 g/mol. The van der Waals surface area contributed by atoms with Gasteiger partial charge in [0, 0.05) is 30.3 Å². The Hall–Kier alpha value is -4.84. The Labute approximate surface area is 211 Å². The number of aromatic nitrogens is 2. The average molecular weight is 517 g/mol. The zero-order chi connectivity index (χ0) is 26.2. The van der Waals surface area contributed by atoms with Crippen molar-refractivity contribution >= 4 is 33.5 Å². The molecule has 5 rings (SSSR count). The van der Waals surface area contributed by atoms with Crippen molar-refractivity contribution in [1.29, 1.82) is 0 Å². The molecule has 1 amide bonds. The van der Waals surface area contributed by atoms with E-state index in [-0.39, 0.29) is 17.1 Å². The molecule has 0 saturated carbocycles. The zero-order valence-corrected chi connectivity index (χ0v) is 20.3. The number of anilines is 1. The fourth-order valence-electron chi connectivity index (χ4n) is 4.11. The number of benzene rings is 3. The maximum atomic E-state index is 13.3. The van der Waals surface area contributed by atoms with Crippen molar-refractivity contribution in [2.24, 2.45) is 5.10 Å². The normalized spacial score (nSPS) is 13.7. The number of nitrogens with one attached hydrogen (secondary N) is 1. The number of carbonyl (C=O) groups excluding carboxylic acids is 1. The molecule has 0 spiro atoms. The summed E-state index contributed by atoms with van der Waals surface area (Å²) in [6.07, 6.45) is 1.37. The van der Waals surface area contributed by atoms with Gasteiger partial charge < -0.3 is 0 Å². The minimum atomic E-state index is -3.82. The quantitative estimate of drug-likeness (QED) is 0.237. The first kappa shape index (κ1) is 23.9. The first-order valence-electron chi connectivity index (χ1n) is 11.1. The molecule has 37 heavy (non-hydrogen) atoms. The SMILES string of the molecule is CN1c2c(-c3ccccc3)nn(CC(=O)N/N=C/c3ccc([N+](=O)[O-])cc3)c2-c2ccccc2S1(=O)=O. The van der Waals surface area contributed by atoms with Gasteiger partial charge in [-0.1, -0.05) is 48.5 Å². The summed E-state index contributed by atoms with van der Waals surface area (Å²) in [5.74, 6) is -0.489. The minimum Gasteiger partial charge on any atom is -0.271 e. The van der Waals surface area contributed by atoms with E-state index in [9.17, 15) is 23.3 Å². The Bertz CT molecular complexity index is 1650. The molecular weight excluding hydrogens is 496 g/mol. The van der Waals surface area contributed by atoms with Crippen LogP contribution in [0, 0.1) is 10.1 Å². The van der Waals surface area contributed by atoms with Gasteiger partial charge in [0.15, 0.2) is 0 Å². The van der Waals surface area contributed by atoms with Crippen LogP contribution in [0.2, 0.25) is 0 Å². The summed E-state index contributed by atoms with van der Waals surface area (Å²) < 4.78 is 29.2. The Morgan fingerprint density at radius 2 is 1.73 bits per heavy atom. The fourth-order valence-corrected chi connectivity index (χ4v) is 5.51. The van der Waals surface area contributed by atoms with Crippen LogP contribution in [-0.4, -0.2) is 42.3 Å². The number of hydrogen-bond acceptors (Lipinski definition) is 7. The maximum absolute atomic E-state index is 13.3. The molecule has 4 aromatic rings. The molecule has 3 aromatic carbocycles. The number of fused-ring (bicyclic) bond motifs is 3. The first-order valence-corrected chi connectivity index (χ1v) is 12.5. The predicted molar refractivity (Wildman–Crippen MR) is 138 cm³/mol. The van der Waals surface area contributed by atoms with Crippen molar-refractivity contribution in [3.05, 3.63) is 94.5 Å². The standard InChI is InChI=1S/C25H20N6O5S/c1-29-25-23(18-7-3-2-4-8-18)28-30(24(25)20-9-5-6-10-21(20)37(29,35)36)16-22(32)27-26-15-17-11-13-19(14-12-17)31(33)34/h2-15H,16H2,1H3,(H,27,32)/b26-15+. The van der Waals surface area contributed by atoms with E-state index in [2.05, 4.69) is 15.6 Å². The van der Waals surface area contributed by atoms with Gasteiger partial charge in [-0.15, -0.1) is 0 Å². The number of hydrogen-bond donors (Lipinski definition) is 1. The Balaban J connectivity index is 1.49. The first-order chi connectivity index (χ1) is 17.8. The van der Waals surface area contributed by atoms with Crippen molar-refractivity contribution in [1.82, 2.24) is 15.2 Å². The second-order valence-electron chi connectivity index (χ2n) is 8.18. The topological polar surface area (TPSA) is 140 Å². The van der Waals surface area contributed by atoms with Gasteiger partial charge in [-0.3, -0.25) is 23.9 Å². The third-order valence-corrected chi connectivity index (χ3v) is 7.69. The van der Waals surface area contributed by atoms with E-state index < -0.39 is 20.9 Å². The molecule has 0 fully saturated rings. The van der Waals surface area contributed by atoms with Crippen LogP contribution in [0.1, 0.15) is 5.56 Å². The van der Waals surface area contributed by atoms with Gasteiger partial charge in [0.05, 0.1) is 21.7 Å². The molecule has 2 heterocycles. The van der Waals surface area contributed by atoms with Crippen LogP contribution in [0.4, 0.5) is 11.4 Å². The van der Waals surface area contributed by atoms with E-state index in [1.165, 1.54) is 52.6 Å². The highest BCUT2D eigenvalue weighted by molar-refractivity contribution is 7.93. The molecule has 186 valence electrons. The van der Waals surface area contributed by atoms with E-state index in [0.29, 0.717) is 33.8 Å². The van der Waals surface area contributed by atoms with E-state index >= 15 is 0 Å². The summed E-state index contributed by atoms with van der Waals surface area (Å²) in [5.41, 5.74) is 5.41. The largest absolute Gasteiger partial charge is 0.271 e. The molecule has 1 N–H and O–H groups in total. The van der Waals surface area contributed by atoms with Gasteiger partial charge in [-0.25, -0.2) is 13.8 Å². The summed E-state index contributed by atoms with van der Waals surface area (Å²) in [4.78, 5) is 23.2. The third-order valence-electron chi connectivity index (χ3n) is 5.87. The summed E-state index contributed by atoms with van der Waals surface area (Å²) in [7, 11) is -2.35. The summed E-state index contributed by atoms with van der Waals surface area (Å²) in [5, 5.41) is 19.4. The fraction of sp³-hybridized carbons (Fsp3) is 0.0800. The predicted octanol–water partition coefficient (Wildman–Crippen LogP) is 3.41. The van der Waals surface area contributed by atoms with Crippen LogP contribution < -0.4 is 9.73 Å². The molecule has 0 radical (unpaired) electrons. The highest BCUT2D eigenvalue weighted by Gasteiger charge is 2.38. The average Bonchev–Trinajstić information content (AvgIpc) is 3.27. The number of non-ortho nitro benzene ring substituents is 1. The van der Waals surface area contributed by atoms with E-state index in [1.807, 2.05) is 30.3 Å². The Morgan fingerprint density at radius 1 is 1.05 bits per heavy atom. The van der Waals surface area contributed by atoms with Crippen LogP contribution in [0.3, 0.4) is 0 Å². The number of nitro groups is 1. The molecule has 1 aliphatic rings. The van der Waals surface area contributed by atoms with Crippen LogP contribution in [-0.2, 0) is 21.4 Å². The molecule has 0 saturated heterocycles. The lowest BCUT2D eigenvalue weighted by Gasteiger charge is -2.27. The van der Waals surface area contributed by atoms with Crippen LogP contribution in [0.5, 0.6) is 0 Å². The molecule has 0 unspecified atom stereocenters. The number of rotatable bonds is 6. The number of sulfonamides is 1. The number of hydrazone groups is 1. The number of nitro benzene ring substituents is 1. The van der Waals surface area contributed by atoms with E-state index in [4.69, 9.17) is 0 Å². The summed E-state index contributed by atoms with van der Waals surface area (Å²) in [6, 6.07) is 21.4. The molecule has 1 aromatic heterocycles. The van der Waals surface area contributed by atoms with Gasteiger partial charge in [0.2, 0.25) is 0 Å². The lowest BCUT2D eigenvalue weighted by atomic mass is 10.1. The van der Waals surface area contributed by atoms with Crippen LogP contribution in [0.25, 0.3) is 22.5 Å². The molecule has 0 aliphatic carbocycles. The van der Waals surface area contributed by atoms with Gasteiger partial charge >= 0.3 is 0 Å². The molecule has 12 heteroatoms. The second-order valence-corrected chi connectivity index (χ2v) is 10.1. The third kappa shape index (κ3) is 4.34. The van der Waals surface area contributed by atoms with Gasteiger partial charge in [-0.05, 0) is 23.8 Å². The molecular formula is C25H20N6O5S. The highest BCUT2D eigenvalue weighted by Crippen LogP contribution is 2.47. The van der Waals surface area contributed by atoms with Crippen molar-refractivity contribution in [3.8, 4) is 22.5 Å². The van der Waals surface area contributed by atoms with E-state index in [1.54, 1.807) is 18.2 Å². The van der Waals surface area contributed by atoms with Gasteiger partial charge in [0.1, 0.15) is 17.9 Å². The molecule has 0 bridgehead atoms. The zero-order valence-electron chi connectivity index (χ0n) is 19.5.